The molecule has 2 rings (SSSR count). The maximum atomic E-state index is 11.4. The fourth-order valence-electron chi connectivity index (χ4n) is 3.01. The lowest BCUT2D eigenvalue weighted by atomic mass is 9.87. The molecule has 0 aliphatic carbocycles. The van der Waals surface area contributed by atoms with Gasteiger partial charge in [-0.1, -0.05) is 24.3 Å². The highest BCUT2D eigenvalue weighted by Crippen LogP contribution is 2.31. The van der Waals surface area contributed by atoms with Gasteiger partial charge < -0.3 is 24.7 Å². The summed E-state index contributed by atoms with van der Waals surface area (Å²) in [4.78, 5) is 22.9. The van der Waals surface area contributed by atoms with Crippen LogP contribution in [0.5, 0.6) is 11.5 Å². The van der Waals surface area contributed by atoms with Crippen molar-refractivity contribution in [3.05, 3.63) is 66.1 Å². The lowest BCUT2D eigenvalue weighted by molar-refractivity contribution is -0.146. The maximum Gasteiger partial charge on any atom is 0.344 e. The van der Waals surface area contributed by atoms with E-state index < -0.39 is 11.9 Å². The summed E-state index contributed by atoms with van der Waals surface area (Å²) < 4.78 is 20.7. The number of ether oxygens (including phenoxy) is 4. The molecular weight excluding hydrogens is 434 g/mol. The van der Waals surface area contributed by atoms with E-state index in [1.807, 2.05) is 55.0 Å². The van der Waals surface area contributed by atoms with E-state index in [0.717, 1.165) is 17.5 Å². The molecule has 0 aliphatic heterocycles. The van der Waals surface area contributed by atoms with E-state index in [-0.39, 0.29) is 31.5 Å². The number of halogens is 1. The molecule has 0 aliphatic rings. The smallest absolute Gasteiger partial charge is 0.344 e. The Bertz CT molecular complexity index is 745. The van der Waals surface area contributed by atoms with E-state index in [1.165, 1.54) is 0 Å². The zero-order valence-electron chi connectivity index (χ0n) is 18.5. The normalized spacial score (nSPS) is 10.2. The molecule has 0 fully saturated rings. The van der Waals surface area contributed by atoms with Gasteiger partial charge in [-0.3, -0.25) is 0 Å². The van der Waals surface area contributed by atoms with E-state index in [0.29, 0.717) is 31.3 Å². The largest absolute Gasteiger partial charge is 0.482 e. The molecule has 0 amide bonds. The van der Waals surface area contributed by atoms with Crippen LogP contribution in [0.25, 0.3) is 0 Å². The van der Waals surface area contributed by atoms with Crippen LogP contribution < -0.4 is 15.2 Å². The first-order valence-electron chi connectivity index (χ1n) is 10.4. The molecule has 0 spiro atoms. The minimum atomic E-state index is -0.396. The lowest BCUT2D eigenvalue weighted by Gasteiger charge is -2.19. The lowest BCUT2D eigenvalue weighted by Crippen LogP contribution is -2.14. The fraction of sp³-hybridized carbons (Fsp3) is 0.375. The topological polar surface area (TPSA) is 97.1 Å². The molecule has 7 nitrogen and oxygen atoms in total. The molecule has 2 aromatic carbocycles. The van der Waals surface area contributed by atoms with Gasteiger partial charge in [0, 0.05) is 5.92 Å². The molecule has 175 valence electrons. The van der Waals surface area contributed by atoms with Crippen LogP contribution in [0.15, 0.2) is 48.5 Å². The molecule has 0 heterocycles. The van der Waals surface area contributed by atoms with Gasteiger partial charge in [-0.15, -0.1) is 12.4 Å². The molecule has 1 radical (unpaired) electrons. The van der Waals surface area contributed by atoms with Crippen LogP contribution in [0.2, 0.25) is 0 Å². The Labute approximate surface area is 195 Å². The number of esters is 2. The van der Waals surface area contributed by atoms with Gasteiger partial charge in [0.25, 0.3) is 0 Å². The molecule has 0 saturated carbocycles. The van der Waals surface area contributed by atoms with Crippen LogP contribution >= 0.6 is 12.4 Å². The highest BCUT2D eigenvalue weighted by molar-refractivity contribution is 5.85. The first-order valence-corrected chi connectivity index (χ1v) is 10.4. The van der Waals surface area contributed by atoms with Gasteiger partial charge in [0.1, 0.15) is 11.5 Å². The molecule has 2 N–H and O–H groups in total. The second-order valence-corrected chi connectivity index (χ2v) is 6.64. The predicted molar refractivity (Wildman–Crippen MR) is 124 cm³/mol. The Hall–Kier alpha value is -2.77. The molecule has 2 aromatic rings. The van der Waals surface area contributed by atoms with E-state index in [9.17, 15) is 9.59 Å². The molecule has 0 aromatic heterocycles. The Kier molecular flexibility index (Phi) is 12.9. The van der Waals surface area contributed by atoms with E-state index in [4.69, 9.17) is 24.7 Å². The first-order chi connectivity index (χ1) is 15.1. The Balaban J connectivity index is 0.00000512. The Morgan fingerprint density at radius 1 is 0.812 bits per heavy atom. The summed E-state index contributed by atoms with van der Waals surface area (Å²) in [6.45, 7) is 4.41. The summed E-state index contributed by atoms with van der Waals surface area (Å²) >= 11 is 0. The van der Waals surface area contributed by atoms with Crippen molar-refractivity contribution >= 4 is 24.3 Å². The monoisotopic (exact) mass is 464 g/mol. The van der Waals surface area contributed by atoms with Gasteiger partial charge in [0.15, 0.2) is 13.2 Å². The van der Waals surface area contributed by atoms with Crippen LogP contribution in [0.3, 0.4) is 0 Å². The number of carbonyl (C=O) groups is 2. The predicted octanol–water partition coefficient (Wildman–Crippen LogP) is 3.68. The highest BCUT2D eigenvalue weighted by atomic mass is 35.5. The van der Waals surface area contributed by atoms with Crippen molar-refractivity contribution in [1.82, 2.24) is 0 Å². The van der Waals surface area contributed by atoms with Gasteiger partial charge in [-0.05, 0) is 68.6 Å². The van der Waals surface area contributed by atoms with Gasteiger partial charge in [0.05, 0.1) is 13.2 Å². The van der Waals surface area contributed by atoms with Crippen LogP contribution in [-0.2, 0) is 19.1 Å². The van der Waals surface area contributed by atoms with Crippen molar-refractivity contribution in [3.8, 4) is 11.5 Å². The summed E-state index contributed by atoms with van der Waals surface area (Å²) in [5, 5.41) is 0. The molecular formula is C24H31ClNO6. The maximum absolute atomic E-state index is 11.4. The van der Waals surface area contributed by atoms with Crippen molar-refractivity contribution in [2.24, 2.45) is 5.73 Å². The Morgan fingerprint density at radius 3 is 1.56 bits per heavy atom. The quantitative estimate of drug-likeness (QED) is 0.451. The summed E-state index contributed by atoms with van der Waals surface area (Å²) in [6.07, 6.45) is 2.80. The second kappa shape index (κ2) is 15.1. The highest BCUT2D eigenvalue weighted by Gasteiger charge is 2.15. The third kappa shape index (κ3) is 9.16. The van der Waals surface area contributed by atoms with Crippen LogP contribution in [-0.4, -0.2) is 44.9 Å². The second-order valence-electron chi connectivity index (χ2n) is 6.64. The average molecular weight is 465 g/mol. The van der Waals surface area contributed by atoms with Gasteiger partial charge in [-0.25, -0.2) is 9.59 Å². The standard InChI is InChI=1S/C24H30NO6.ClH/c1-3-28-23(26)16-30-20-11-7-18(8-12-20)22(6-5-15-25)19-9-13-21(14-10-19)31-17-24(27)29-4-2;/h5,7-14,22H,3-4,6,15-17,25H2,1-2H3;1H. The van der Waals surface area contributed by atoms with Crippen LogP contribution in [0, 0.1) is 6.42 Å². The minimum Gasteiger partial charge on any atom is -0.482 e. The first kappa shape index (κ1) is 27.3. The van der Waals surface area contributed by atoms with Crippen LogP contribution in [0.1, 0.15) is 37.3 Å². The number of hydrogen-bond donors (Lipinski definition) is 1. The van der Waals surface area contributed by atoms with Gasteiger partial charge >= 0.3 is 11.9 Å². The number of carbonyl (C=O) groups excluding carboxylic acids is 2. The third-order valence-electron chi connectivity index (χ3n) is 4.46. The zero-order valence-corrected chi connectivity index (χ0v) is 19.3. The van der Waals surface area contributed by atoms with E-state index in [2.05, 4.69) is 0 Å². The number of hydrogen-bond acceptors (Lipinski definition) is 7. The molecule has 0 atom stereocenters. The minimum absolute atomic E-state index is 0. The SMILES string of the molecule is CCOC(=O)COc1ccc(C(C[CH]CN)c2ccc(OCC(=O)OCC)cc2)cc1.Cl. The van der Waals surface area contributed by atoms with Gasteiger partial charge in [0.2, 0.25) is 0 Å². The third-order valence-corrected chi connectivity index (χ3v) is 4.46. The summed E-state index contributed by atoms with van der Waals surface area (Å²) in [5.41, 5.74) is 7.87. The van der Waals surface area contributed by atoms with E-state index in [1.54, 1.807) is 13.8 Å². The van der Waals surface area contributed by atoms with Crippen molar-refractivity contribution < 1.29 is 28.5 Å². The van der Waals surface area contributed by atoms with Gasteiger partial charge in [-0.2, -0.15) is 0 Å². The molecule has 0 saturated heterocycles. The summed E-state index contributed by atoms with van der Waals surface area (Å²) in [7, 11) is 0. The van der Waals surface area contributed by atoms with Crippen LogP contribution in [0.4, 0.5) is 0 Å². The van der Waals surface area contributed by atoms with Crippen molar-refractivity contribution in [1.29, 1.82) is 0 Å². The molecule has 0 bridgehead atoms. The summed E-state index contributed by atoms with van der Waals surface area (Å²) in [5.74, 6) is 0.503. The van der Waals surface area contributed by atoms with Crippen molar-refractivity contribution in [3.63, 3.8) is 0 Å². The molecule has 32 heavy (non-hydrogen) atoms. The average Bonchev–Trinajstić information content (AvgIpc) is 2.78. The molecule has 0 unspecified atom stereocenters. The number of rotatable bonds is 13. The van der Waals surface area contributed by atoms with Crippen molar-refractivity contribution in [2.45, 2.75) is 26.2 Å². The fourth-order valence-corrected chi connectivity index (χ4v) is 3.01. The zero-order chi connectivity index (χ0) is 22.5. The summed E-state index contributed by atoms with van der Waals surface area (Å²) in [6, 6.07) is 15.2. The number of benzene rings is 2. The number of nitrogens with two attached hydrogens (primary N) is 1. The molecule has 8 heteroatoms. The van der Waals surface area contributed by atoms with E-state index >= 15 is 0 Å². The Morgan fingerprint density at radius 2 is 1.22 bits per heavy atom. The van der Waals surface area contributed by atoms with Crippen molar-refractivity contribution in [2.75, 3.05) is 33.0 Å².